The van der Waals surface area contributed by atoms with Crippen molar-refractivity contribution in [1.82, 2.24) is 10.2 Å². The van der Waals surface area contributed by atoms with E-state index >= 15 is 0 Å². The minimum Gasteiger partial charge on any atom is -0.344 e. The lowest BCUT2D eigenvalue weighted by Crippen LogP contribution is -2.47. The number of rotatable bonds is 2. The highest BCUT2D eigenvalue weighted by atomic mass is 16.2. The van der Waals surface area contributed by atoms with Crippen LogP contribution in [-0.2, 0) is 17.6 Å². The van der Waals surface area contributed by atoms with E-state index in [0.717, 1.165) is 13.0 Å². The Morgan fingerprint density at radius 1 is 1.05 bits per heavy atom. The van der Waals surface area contributed by atoms with Gasteiger partial charge in [-0.3, -0.25) is 4.79 Å². The van der Waals surface area contributed by atoms with Crippen molar-refractivity contribution < 1.29 is 4.79 Å². The number of likely N-dealkylation sites (N-methyl/N-ethyl adjacent to an activating group) is 1. The highest BCUT2D eigenvalue weighted by Gasteiger charge is 2.41. The van der Waals surface area contributed by atoms with E-state index in [0.29, 0.717) is 17.9 Å². The van der Waals surface area contributed by atoms with Gasteiger partial charge in [0.25, 0.3) is 0 Å². The molecule has 112 valence electrons. The molecule has 3 heteroatoms. The lowest BCUT2D eigenvalue weighted by Gasteiger charge is -2.26. The number of likely N-dealkylation sites (tertiary alicyclic amines) is 1. The van der Waals surface area contributed by atoms with E-state index in [-0.39, 0.29) is 11.9 Å². The molecule has 2 fully saturated rings. The average molecular weight is 284 g/mol. The summed E-state index contributed by atoms with van der Waals surface area (Å²) in [6.45, 7) is 0.902. The molecule has 2 bridgehead atoms. The molecule has 1 N–H and O–H groups in total. The van der Waals surface area contributed by atoms with Crippen molar-refractivity contribution in [1.29, 1.82) is 0 Å². The van der Waals surface area contributed by atoms with Crippen LogP contribution in [-0.4, -0.2) is 36.5 Å². The van der Waals surface area contributed by atoms with Crippen LogP contribution in [0.2, 0.25) is 0 Å². The minimum absolute atomic E-state index is 0.0595. The first kappa shape index (κ1) is 13.3. The molecule has 21 heavy (non-hydrogen) atoms. The van der Waals surface area contributed by atoms with Crippen molar-refractivity contribution in [2.24, 2.45) is 11.8 Å². The summed E-state index contributed by atoms with van der Waals surface area (Å²) in [7, 11) is 1.92. The SMILES string of the molecule is CN1CCC(NC2C3CCC2Cc2ccccc2C3)C1=O. The standard InChI is InChI=1S/C18H24N2O/c1-20-9-8-16(18(20)21)19-17-14-6-7-15(17)11-13-5-3-2-4-12(13)10-14/h2-5,14-17,19H,6-11H2,1H3. The van der Waals surface area contributed by atoms with Gasteiger partial charge in [0.15, 0.2) is 0 Å². The molecule has 3 atom stereocenters. The zero-order valence-corrected chi connectivity index (χ0v) is 12.7. The van der Waals surface area contributed by atoms with Gasteiger partial charge in [-0.25, -0.2) is 0 Å². The van der Waals surface area contributed by atoms with Gasteiger partial charge in [0.05, 0.1) is 6.04 Å². The van der Waals surface area contributed by atoms with E-state index in [1.54, 1.807) is 0 Å². The Balaban J connectivity index is 1.54. The molecule has 1 aliphatic heterocycles. The molecule has 0 spiro atoms. The number of hydrogen-bond donors (Lipinski definition) is 1. The van der Waals surface area contributed by atoms with Crippen LogP contribution in [0.15, 0.2) is 24.3 Å². The number of carbonyl (C=O) groups excluding carboxylic acids is 1. The van der Waals surface area contributed by atoms with Gasteiger partial charge in [-0.2, -0.15) is 0 Å². The molecule has 1 aromatic rings. The molecule has 0 aromatic heterocycles. The van der Waals surface area contributed by atoms with Gasteiger partial charge in [0, 0.05) is 19.6 Å². The first-order valence-corrected chi connectivity index (χ1v) is 8.30. The molecule has 1 aromatic carbocycles. The summed E-state index contributed by atoms with van der Waals surface area (Å²) in [5.74, 6) is 1.70. The first-order chi connectivity index (χ1) is 10.2. The number of nitrogens with one attached hydrogen (secondary N) is 1. The monoisotopic (exact) mass is 284 g/mol. The van der Waals surface area contributed by atoms with E-state index in [9.17, 15) is 4.79 Å². The Morgan fingerprint density at radius 2 is 1.67 bits per heavy atom. The van der Waals surface area contributed by atoms with Crippen LogP contribution in [0, 0.1) is 11.8 Å². The van der Waals surface area contributed by atoms with Crippen molar-refractivity contribution in [3.8, 4) is 0 Å². The highest BCUT2D eigenvalue weighted by molar-refractivity contribution is 5.83. The minimum atomic E-state index is 0.0595. The van der Waals surface area contributed by atoms with Crippen LogP contribution >= 0.6 is 0 Å². The molecule has 3 unspecified atom stereocenters. The molecule has 1 amide bonds. The maximum Gasteiger partial charge on any atom is 0.239 e. The fourth-order valence-corrected chi connectivity index (χ4v) is 4.63. The summed E-state index contributed by atoms with van der Waals surface area (Å²) in [6.07, 6.45) is 5.96. The zero-order chi connectivity index (χ0) is 14.4. The van der Waals surface area contributed by atoms with E-state index < -0.39 is 0 Å². The van der Waals surface area contributed by atoms with E-state index in [1.165, 1.54) is 36.8 Å². The predicted octanol–water partition coefficient (Wildman–Crippen LogP) is 2.00. The Labute approximate surface area is 126 Å². The van der Waals surface area contributed by atoms with Crippen LogP contribution in [0.3, 0.4) is 0 Å². The van der Waals surface area contributed by atoms with Crippen LogP contribution < -0.4 is 5.32 Å². The van der Waals surface area contributed by atoms with Gasteiger partial charge < -0.3 is 10.2 Å². The van der Waals surface area contributed by atoms with Crippen LogP contribution in [0.4, 0.5) is 0 Å². The average Bonchev–Trinajstić information content (AvgIpc) is 2.93. The number of nitrogens with zero attached hydrogens (tertiary/aromatic N) is 1. The van der Waals surface area contributed by atoms with Crippen molar-refractivity contribution in [3.05, 3.63) is 35.4 Å². The summed E-state index contributed by atoms with van der Waals surface area (Å²) in [6, 6.07) is 9.50. The number of fused-ring (bicyclic) bond motifs is 3. The maximum absolute atomic E-state index is 12.2. The Bertz CT molecular complexity index is 523. The van der Waals surface area contributed by atoms with Gasteiger partial charge in [0.1, 0.15) is 0 Å². The van der Waals surface area contributed by atoms with Gasteiger partial charge in [-0.1, -0.05) is 24.3 Å². The topological polar surface area (TPSA) is 32.3 Å². The smallest absolute Gasteiger partial charge is 0.239 e. The molecular weight excluding hydrogens is 260 g/mol. The van der Waals surface area contributed by atoms with E-state index in [4.69, 9.17) is 0 Å². The highest BCUT2D eigenvalue weighted by Crippen LogP contribution is 2.40. The lowest BCUT2D eigenvalue weighted by atomic mass is 9.94. The number of carbonyl (C=O) groups is 1. The third-order valence-corrected chi connectivity index (χ3v) is 5.83. The quantitative estimate of drug-likeness (QED) is 0.901. The zero-order valence-electron chi connectivity index (χ0n) is 12.7. The molecule has 4 rings (SSSR count). The molecule has 3 aliphatic rings. The summed E-state index contributed by atoms with van der Waals surface area (Å²) in [5, 5.41) is 3.74. The third-order valence-electron chi connectivity index (χ3n) is 5.83. The van der Waals surface area contributed by atoms with Crippen LogP contribution in [0.5, 0.6) is 0 Å². The fraction of sp³-hybridized carbons (Fsp3) is 0.611. The second-order valence-electron chi connectivity index (χ2n) is 7.07. The molecular formula is C18H24N2O. The maximum atomic E-state index is 12.2. The Hall–Kier alpha value is -1.35. The molecule has 1 saturated carbocycles. The molecule has 3 nitrogen and oxygen atoms in total. The molecule has 0 radical (unpaired) electrons. The second-order valence-corrected chi connectivity index (χ2v) is 7.07. The van der Waals surface area contributed by atoms with Gasteiger partial charge in [-0.05, 0) is 55.1 Å². The van der Waals surface area contributed by atoms with E-state index in [1.807, 2.05) is 11.9 Å². The van der Waals surface area contributed by atoms with Crippen molar-refractivity contribution >= 4 is 5.91 Å². The summed E-state index contributed by atoms with van der Waals surface area (Å²) in [4.78, 5) is 14.0. The van der Waals surface area contributed by atoms with Crippen LogP contribution in [0.1, 0.15) is 30.4 Å². The summed E-state index contributed by atoms with van der Waals surface area (Å²) >= 11 is 0. The second kappa shape index (κ2) is 5.13. The fourth-order valence-electron chi connectivity index (χ4n) is 4.63. The summed E-state index contributed by atoms with van der Waals surface area (Å²) < 4.78 is 0. The predicted molar refractivity (Wildman–Crippen MR) is 83.0 cm³/mol. The largest absolute Gasteiger partial charge is 0.344 e. The first-order valence-electron chi connectivity index (χ1n) is 8.30. The Kier molecular flexibility index (Phi) is 3.26. The molecule has 1 heterocycles. The van der Waals surface area contributed by atoms with Crippen molar-refractivity contribution in [3.63, 3.8) is 0 Å². The number of hydrogen-bond acceptors (Lipinski definition) is 2. The molecule has 2 aliphatic carbocycles. The molecule has 1 saturated heterocycles. The normalized spacial score (nSPS) is 34.9. The van der Waals surface area contributed by atoms with Crippen LogP contribution in [0.25, 0.3) is 0 Å². The summed E-state index contributed by atoms with van der Waals surface area (Å²) in [5.41, 5.74) is 3.07. The van der Waals surface area contributed by atoms with Gasteiger partial charge in [0.2, 0.25) is 5.91 Å². The van der Waals surface area contributed by atoms with Crippen molar-refractivity contribution in [2.75, 3.05) is 13.6 Å². The van der Waals surface area contributed by atoms with Gasteiger partial charge >= 0.3 is 0 Å². The number of amides is 1. The third kappa shape index (κ3) is 2.28. The lowest BCUT2D eigenvalue weighted by molar-refractivity contribution is -0.128. The Morgan fingerprint density at radius 3 is 2.19 bits per heavy atom. The van der Waals surface area contributed by atoms with E-state index in [2.05, 4.69) is 29.6 Å². The van der Waals surface area contributed by atoms with Gasteiger partial charge in [-0.15, -0.1) is 0 Å². The van der Waals surface area contributed by atoms with Crippen molar-refractivity contribution in [2.45, 2.75) is 44.2 Å². The number of benzene rings is 1.